The molecule has 1 aromatic heterocycles. The molecule has 0 saturated carbocycles. The number of aryl methyl sites for hydroxylation is 1. The van der Waals surface area contributed by atoms with Gasteiger partial charge in [0.15, 0.2) is 0 Å². The van der Waals surface area contributed by atoms with Crippen LogP contribution in [0.15, 0.2) is 83.0 Å². The molecule has 0 saturated heterocycles. The van der Waals surface area contributed by atoms with Crippen molar-refractivity contribution in [2.75, 3.05) is 0 Å². The van der Waals surface area contributed by atoms with Crippen LogP contribution < -0.4 is 5.32 Å². The number of nitrogens with one attached hydrogen (secondary N) is 1. The molecule has 1 atom stereocenters. The lowest BCUT2D eigenvalue weighted by atomic mass is 9.94. The third kappa shape index (κ3) is 4.55. The molecule has 0 aliphatic carbocycles. The summed E-state index contributed by atoms with van der Waals surface area (Å²) in [5.41, 5.74) is 4.67. The Hall–Kier alpha value is -3.97. The highest BCUT2D eigenvalue weighted by molar-refractivity contribution is 6.31. The number of hydrogen-bond donors (Lipinski definition) is 1. The van der Waals surface area contributed by atoms with Gasteiger partial charge in [0, 0.05) is 16.3 Å². The van der Waals surface area contributed by atoms with E-state index >= 15 is 0 Å². The van der Waals surface area contributed by atoms with Crippen molar-refractivity contribution < 1.29 is 13.7 Å². The first kappa shape index (κ1) is 22.8. The summed E-state index contributed by atoms with van der Waals surface area (Å²) in [6.07, 6.45) is 0. The van der Waals surface area contributed by atoms with Crippen molar-refractivity contribution in [1.82, 2.24) is 20.4 Å². The second-order valence-electron chi connectivity index (χ2n) is 8.40. The average molecular weight is 489 g/mol. The fourth-order valence-corrected chi connectivity index (χ4v) is 4.38. The molecule has 2 heterocycles. The summed E-state index contributed by atoms with van der Waals surface area (Å²) >= 11 is 6.36. The Morgan fingerprint density at radius 1 is 1.06 bits per heavy atom. The largest absolute Gasteiger partial charge is 0.334 e. The third-order valence-corrected chi connectivity index (χ3v) is 6.39. The minimum atomic E-state index is -0.601. The van der Waals surface area contributed by atoms with Gasteiger partial charge < -0.3 is 9.84 Å². The van der Waals surface area contributed by atoms with Gasteiger partial charge in [0.1, 0.15) is 5.82 Å². The Balaban J connectivity index is 1.61. The van der Waals surface area contributed by atoms with E-state index in [0.29, 0.717) is 27.7 Å². The molecule has 176 valence electrons. The van der Waals surface area contributed by atoms with E-state index in [1.165, 1.54) is 12.1 Å². The van der Waals surface area contributed by atoms with Crippen molar-refractivity contribution in [3.8, 4) is 11.4 Å². The fourth-order valence-electron chi connectivity index (χ4n) is 4.19. The van der Waals surface area contributed by atoms with Gasteiger partial charge >= 0.3 is 6.03 Å². The lowest BCUT2D eigenvalue weighted by Gasteiger charge is -2.35. The van der Waals surface area contributed by atoms with E-state index in [9.17, 15) is 9.18 Å². The van der Waals surface area contributed by atoms with E-state index in [0.717, 1.165) is 16.7 Å². The van der Waals surface area contributed by atoms with Crippen LogP contribution in [-0.4, -0.2) is 21.1 Å². The lowest BCUT2D eigenvalue weighted by molar-refractivity contribution is 0.203. The molecule has 0 bridgehead atoms. The van der Waals surface area contributed by atoms with Crippen molar-refractivity contribution in [3.63, 3.8) is 0 Å². The number of rotatable bonds is 5. The number of nitrogens with zero attached hydrogens (tertiary/aromatic N) is 3. The van der Waals surface area contributed by atoms with Crippen LogP contribution in [0.25, 0.3) is 17.0 Å². The average Bonchev–Trinajstić information content (AvgIpc) is 3.33. The predicted molar refractivity (Wildman–Crippen MR) is 132 cm³/mol. The number of amides is 2. The van der Waals surface area contributed by atoms with Gasteiger partial charge in [0.05, 0.1) is 18.2 Å². The van der Waals surface area contributed by atoms with Crippen molar-refractivity contribution in [3.05, 3.63) is 112 Å². The van der Waals surface area contributed by atoms with Gasteiger partial charge in [-0.3, -0.25) is 4.90 Å². The van der Waals surface area contributed by atoms with Gasteiger partial charge in [-0.2, -0.15) is 4.98 Å². The number of carbonyl (C=O) groups is 1. The van der Waals surface area contributed by atoms with E-state index in [4.69, 9.17) is 16.1 Å². The van der Waals surface area contributed by atoms with E-state index in [2.05, 4.69) is 15.5 Å². The molecule has 0 fully saturated rings. The van der Waals surface area contributed by atoms with Crippen LogP contribution in [0.5, 0.6) is 0 Å². The minimum Gasteiger partial charge on any atom is -0.334 e. The van der Waals surface area contributed by atoms with Gasteiger partial charge in [-0.25, -0.2) is 9.18 Å². The summed E-state index contributed by atoms with van der Waals surface area (Å²) in [4.78, 5) is 19.5. The van der Waals surface area contributed by atoms with Gasteiger partial charge in [-0.1, -0.05) is 70.9 Å². The first-order valence-corrected chi connectivity index (χ1v) is 11.5. The molecule has 1 N–H and O–H groups in total. The molecular formula is C27H22ClFN4O2. The molecule has 0 spiro atoms. The maximum Gasteiger partial charge on any atom is 0.322 e. The Morgan fingerprint density at radius 2 is 1.83 bits per heavy atom. The Labute approximate surface area is 207 Å². The monoisotopic (exact) mass is 488 g/mol. The summed E-state index contributed by atoms with van der Waals surface area (Å²) in [5.74, 6) is 0.354. The molecular weight excluding hydrogens is 467 g/mol. The number of carbonyl (C=O) groups excluding carboxylic acids is 1. The number of allylic oxidation sites excluding steroid dienone is 1. The quantitative estimate of drug-likeness (QED) is 0.346. The first-order valence-electron chi connectivity index (χ1n) is 11.1. The Kier molecular flexibility index (Phi) is 6.09. The third-order valence-electron chi connectivity index (χ3n) is 6.02. The van der Waals surface area contributed by atoms with Crippen LogP contribution in [0.4, 0.5) is 9.18 Å². The topological polar surface area (TPSA) is 71.3 Å². The van der Waals surface area contributed by atoms with Crippen LogP contribution >= 0.6 is 11.6 Å². The maximum absolute atomic E-state index is 13.6. The summed E-state index contributed by atoms with van der Waals surface area (Å²) in [7, 11) is 0. The first-order chi connectivity index (χ1) is 16.9. The van der Waals surface area contributed by atoms with Crippen molar-refractivity contribution in [2.24, 2.45) is 0 Å². The molecule has 1 aliphatic rings. The van der Waals surface area contributed by atoms with Gasteiger partial charge in [0.25, 0.3) is 5.89 Å². The second-order valence-corrected chi connectivity index (χ2v) is 8.81. The standard InChI is InChI=1S/C27H22ClFN4O2/c1-16-6-5-8-19(14-16)25-31-26(35-32-25)23-17(2)33(15-20-7-3-4-9-22(20)28)27(34)30-24(23)18-10-12-21(29)13-11-18/h3-14,24H,15H2,1-2H3,(H,30,34). The van der Waals surface area contributed by atoms with Crippen LogP contribution in [0.1, 0.15) is 35.5 Å². The van der Waals surface area contributed by atoms with Crippen LogP contribution in [0.2, 0.25) is 5.02 Å². The molecule has 6 nitrogen and oxygen atoms in total. The number of halogens is 2. The highest BCUT2D eigenvalue weighted by Gasteiger charge is 2.36. The SMILES string of the molecule is CC1=C(c2nc(-c3cccc(C)c3)no2)C(c2ccc(F)cc2)NC(=O)N1Cc1ccccc1Cl. The van der Waals surface area contributed by atoms with Gasteiger partial charge in [-0.15, -0.1) is 0 Å². The van der Waals surface area contributed by atoms with Crippen LogP contribution in [0.3, 0.4) is 0 Å². The predicted octanol–water partition coefficient (Wildman–Crippen LogP) is 6.54. The number of hydrogen-bond acceptors (Lipinski definition) is 4. The number of benzene rings is 3. The Morgan fingerprint density at radius 3 is 2.57 bits per heavy atom. The molecule has 1 unspecified atom stereocenters. The zero-order valence-electron chi connectivity index (χ0n) is 19.1. The summed E-state index contributed by atoms with van der Waals surface area (Å²) in [6, 6.07) is 20.2. The molecule has 35 heavy (non-hydrogen) atoms. The van der Waals surface area contributed by atoms with Gasteiger partial charge in [0.2, 0.25) is 5.82 Å². The normalized spacial score (nSPS) is 15.9. The van der Waals surface area contributed by atoms with Crippen molar-refractivity contribution in [1.29, 1.82) is 0 Å². The van der Waals surface area contributed by atoms with E-state index in [1.807, 2.05) is 56.3 Å². The lowest BCUT2D eigenvalue weighted by Crippen LogP contribution is -2.45. The smallest absolute Gasteiger partial charge is 0.322 e. The fraction of sp³-hybridized carbons (Fsp3) is 0.148. The summed E-state index contributed by atoms with van der Waals surface area (Å²) in [6.45, 7) is 4.08. The number of urea groups is 1. The van der Waals surface area contributed by atoms with E-state index in [-0.39, 0.29) is 24.3 Å². The molecule has 3 aromatic carbocycles. The molecule has 4 aromatic rings. The minimum absolute atomic E-state index is 0.260. The van der Waals surface area contributed by atoms with Crippen molar-refractivity contribution in [2.45, 2.75) is 26.4 Å². The van der Waals surface area contributed by atoms with Crippen LogP contribution in [-0.2, 0) is 6.54 Å². The molecule has 8 heteroatoms. The van der Waals surface area contributed by atoms with E-state index in [1.54, 1.807) is 23.1 Å². The highest BCUT2D eigenvalue weighted by atomic mass is 35.5. The zero-order chi connectivity index (χ0) is 24.5. The second kappa shape index (κ2) is 9.35. The molecule has 2 amide bonds. The molecule has 1 aliphatic heterocycles. The molecule has 0 radical (unpaired) electrons. The van der Waals surface area contributed by atoms with E-state index < -0.39 is 6.04 Å². The summed E-state index contributed by atoms with van der Waals surface area (Å²) in [5, 5.41) is 7.77. The van der Waals surface area contributed by atoms with Gasteiger partial charge in [-0.05, 0) is 49.2 Å². The maximum atomic E-state index is 13.6. The summed E-state index contributed by atoms with van der Waals surface area (Å²) < 4.78 is 19.3. The van der Waals surface area contributed by atoms with Crippen molar-refractivity contribution >= 4 is 23.2 Å². The zero-order valence-corrected chi connectivity index (χ0v) is 19.9. The molecule has 5 rings (SSSR count). The van der Waals surface area contributed by atoms with Crippen LogP contribution in [0, 0.1) is 12.7 Å². The Bertz CT molecular complexity index is 1430. The number of aromatic nitrogens is 2. The highest BCUT2D eigenvalue weighted by Crippen LogP contribution is 2.38.